The van der Waals surface area contributed by atoms with Gasteiger partial charge >= 0.3 is 0 Å². The first-order chi connectivity index (χ1) is 7.29. The van der Waals surface area contributed by atoms with Crippen molar-refractivity contribution >= 4 is 56.9 Å². The van der Waals surface area contributed by atoms with Crippen molar-refractivity contribution in [2.24, 2.45) is 0 Å². The van der Waals surface area contributed by atoms with Crippen LogP contribution in [0.3, 0.4) is 0 Å². The van der Waals surface area contributed by atoms with E-state index in [2.05, 4.69) is 87.0 Å². The van der Waals surface area contributed by atoms with Gasteiger partial charge in [-0.3, -0.25) is 0 Å². The van der Waals surface area contributed by atoms with Crippen molar-refractivity contribution < 1.29 is 0 Å². The van der Waals surface area contributed by atoms with Gasteiger partial charge in [0, 0.05) is 4.90 Å². The Kier molecular flexibility index (Phi) is 8.18. The molecule has 0 amide bonds. The Morgan fingerprint density at radius 2 is 1.93 bits per heavy atom. The van der Waals surface area contributed by atoms with E-state index in [9.17, 15) is 0 Å². The van der Waals surface area contributed by atoms with Crippen molar-refractivity contribution in [2.45, 2.75) is 26.1 Å². The lowest BCUT2D eigenvalue weighted by molar-refractivity contribution is 0.823. The SMILES string of the molecule is IC(I)CCC/C=C\Sc1ccccc1. The number of alkyl halides is 2. The molecule has 0 aliphatic rings. The molecule has 0 N–H and O–H groups in total. The zero-order valence-electron chi connectivity index (χ0n) is 8.40. The van der Waals surface area contributed by atoms with E-state index < -0.39 is 0 Å². The van der Waals surface area contributed by atoms with Crippen LogP contribution in [-0.4, -0.2) is 1.93 Å². The number of unbranched alkanes of at least 4 members (excludes halogenated alkanes) is 1. The molecule has 1 aromatic carbocycles. The molecule has 0 bridgehead atoms. The van der Waals surface area contributed by atoms with Crippen LogP contribution in [0, 0.1) is 0 Å². The average Bonchev–Trinajstić information content (AvgIpc) is 2.24. The Morgan fingerprint density at radius 3 is 2.60 bits per heavy atom. The largest absolute Gasteiger partial charge is 0.0984 e. The van der Waals surface area contributed by atoms with Crippen LogP contribution in [0.1, 0.15) is 19.3 Å². The first-order valence-corrected chi connectivity index (χ1v) is 8.31. The third-order valence-corrected chi connectivity index (χ3v) is 3.96. The van der Waals surface area contributed by atoms with Crippen molar-refractivity contribution in [1.82, 2.24) is 0 Å². The van der Waals surface area contributed by atoms with Crippen LogP contribution in [-0.2, 0) is 0 Å². The normalized spacial score (nSPS) is 11.4. The molecule has 0 saturated heterocycles. The van der Waals surface area contributed by atoms with E-state index in [4.69, 9.17) is 0 Å². The molecule has 0 aliphatic carbocycles. The highest BCUT2D eigenvalue weighted by atomic mass is 127. The van der Waals surface area contributed by atoms with Gasteiger partial charge in [-0.2, -0.15) is 0 Å². The third-order valence-electron chi connectivity index (χ3n) is 1.84. The van der Waals surface area contributed by atoms with Gasteiger partial charge in [0.25, 0.3) is 0 Å². The Bertz CT molecular complexity index is 283. The van der Waals surface area contributed by atoms with Crippen LogP contribution >= 0.6 is 56.9 Å². The van der Waals surface area contributed by atoms with Crippen molar-refractivity contribution in [3.05, 3.63) is 41.8 Å². The molecule has 0 nitrogen and oxygen atoms in total. The maximum absolute atomic E-state index is 2.47. The predicted molar refractivity (Wildman–Crippen MR) is 87.1 cm³/mol. The molecule has 0 fully saturated rings. The van der Waals surface area contributed by atoms with Crippen molar-refractivity contribution in [3.63, 3.8) is 0 Å². The van der Waals surface area contributed by atoms with E-state index in [1.54, 1.807) is 11.8 Å². The highest BCUT2D eigenvalue weighted by molar-refractivity contribution is 14.2. The molecule has 1 rings (SSSR count). The topological polar surface area (TPSA) is 0 Å². The van der Waals surface area contributed by atoms with E-state index in [0.717, 1.165) is 1.93 Å². The number of allylic oxidation sites excluding steroid dienone is 1. The Labute approximate surface area is 124 Å². The van der Waals surface area contributed by atoms with Crippen LogP contribution < -0.4 is 0 Å². The summed E-state index contributed by atoms with van der Waals surface area (Å²) in [6, 6.07) is 10.5. The quantitative estimate of drug-likeness (QED) is 0.236. The third kappa shape index (κ3) is 7.63. The van der Waals surface area contributed by atoms with Crippen molar-refractivity contribution in [1.29, 1.82) is 0 Å². The summed E-state index contributed by atoms with van der Waals surface area (Å²) in [4.78, 5) is 1.31. The second kappa shape index (κ2) is 8.87. The van der Waals surface area contributed by atoms with E-state index in [1.165, 1.54) is 24.2 Å². The molecule has 15 heavy (non-hydrogen) atoms. The summed E-state index contributed by atoms with van der Waals surface area (Å²) in [5, 5.41) is 2.20. The predicted octanol–water partition coefficient (Wildman–Crippen LogP) is 5.66. The lowest BCUT2D eigenvalue weighted by atomic mass is 10.2. The monoisotopic (exact) mass is 444 g/mol. The zero-order chi connectivity index (χ0) is 10.9. The molecule has 0 unspecified atom stereocenters. The molecule has 82 valence electrons. The molecule has 0 atom stereocenters. The minimum atomic E-state index is 0.773. The standard InChI is InChI=1S/C12H14I2S/c13-12(14)9-5-2-6-10-15-11-7-3-1-4-8-11/h1,3-4,6-8,10,12H,2,5,9H2/b10-6-. The summed E-state index contributed by atoms with van der Waals surface area (Å²) in [6.07, 6.45) is 6.07. The van der Waals surface area contributed by atoms with Gasteiger partial charge in [0.05, 0.1) is 1.93 Å². The van der Waals surface area contributed by atoms with Crippen molar-refractivity contribution in [3.8, 4) is 0 Å². The summed E-state index contributed by atoms with van der Waals surface area (Å²) in [7, 11) is 0. The molecular formula is C12H14I2S. The van der Waals surface area contributed by atoms with Gasteiger partial charge in [0.1, 0.15) is 0 Å². The molecule has 0 aliphatic heterocycles. The van der Waals surface area contributed by atoms with Crippen LogP contribution in [0.5, 0.6) is 0 Å². The lowest BCUT2D eigenvalue weighted by Gasteiger charge is -1.97. The summed E-state index contributed by atoms with van der Waals surface area (Å²) >= 11 is 6.74. The fourth-order valence-corrected chi connectivity index (χ4v) is 2.67. The second-order valence-corrected chi connectivity index (χ2v) is 9.49. The zero-order valence-corrected chi connectivity index (χ0v) is 13.5. The average molecular weight is 444 g/mol. The maximum atomic E-state index is 2.47. The highest BCUT2D eigenvalue weighted by Gasteiger charge is 1.94. The lowest BCUT2D eigenvalue weighted by Crippen LogP contribution is -1.82. The molecule has 1 aromatic rings. The van der Waals surface area contributed by atoms with Crippen LogP contribution in [0.25, 0.3) is 0 Å². The van der Waals surface area contributed by atoms with Gasteiger partial charge < -0.3 is 0 Å². The first-order valence-electron chi connectivity index (χ1n) is 4.94. The molecular weight excluding hydrogens is 430 g/mol. The summed E-state index contributed by atoms with van der Waals surface area (Å²) in [6.45, 7) is 0. The van der Waals surface area contributed by atoms with Gasteiger partial charge in [0.2, 0.25) is 0 Å². The van der Waals surface area contributed by atoms with Gasteiger partial charge in [-0.15, -0.1) is 0 Å². The smallest absolute Gasteiger partial charge is 0.0626 e. The van der Waals surface area contributed by atoms with E-state index in [0.29, 0.717) is 0 Å². The molecule has 0 radical (unpaired) electrons. The highest BCUT2D eigenvalue weighted by Crippen LogP contribution is 2.20. The second-order valence-electron chi connectivity index (χ2n) is 3.12. The van der Waals surface area contributed by atoms with Gasteiger partial charge in [-0.25, -0.2) is 0 Å². The van der Waals surface area contributed by atoms with E-state index in [-0.39, 0.29) is 0 Å². The van der Waals surface area contributed by atoms with Crippen molar-refractivity contribution in [2.75, 3.05) is 0 Å². The van der Waals surface area contributed by atoms with Gasteiger partial charge in [0.15, 0.2) is 0 Å². The minimum absolute atomic E-state index is 0.773. The molecule has 0 spiro atoms. The number of hydrogen-bond acceptors (Lipinski definition) is 1. The molecule has 0 heterocycles. The molecule has 0 saturated carbocycles. The minimum Gasteiger partial charge on any atom is -0.0984 e. The summed E-state index contributed by atoms with van der Waals surface area (Å²) in [5.74, 6) is 0. The maximum Gasteiger partial charge on any atom is 0.0626 e. The van der Waals surface area contributed by atoms with Crippen LogP contribution in [0.4, 0.5) is 0 Å². The van der Waals surface area contributed by atoms with Crippen LogP contribution in [0.15, 0.2) is 46.7 Å². The van der Waals surface area contributed by atoms with Gasteiger partial charge in [-0.1, -0.05) is 81.2 Å². The molecule has 3 heteroatoms. The fourth-order valence-electron chi connectivity index (χ4n) is 1.08. The number of rotatable bonds is 6. The van der Waals surface area contributed by atoms with E-state index >= 15 is 0 Å². The number of halogens is 2. The first kappa shape index (κ1) is 13.8. The number of hydrogen-bond donors (Lipinski definition) is 0. The fraction of sp³-hybridized carbons (Fsp3) is 0.333. The molecule has 0 aromatic heterocycles. The number of thioether (sulfide) groups is 1. The summed E-state index contributed by atoms with van der Waals surface area (Å²) in [5.41, 5.74) is 0. The van der Waals surface area contributed by atoms with Gasteiger partial charge in [-0.05, 0) is 36.8 Å². The summed E-state index contributed by atoms with van der Waals surface area (Å²) < 4.78 is 0.773. The Balaban J connectivity index is 2.12. The Hall–Kier alpha value is 0.770. The van der Waals surface area contributed by atoms with E-state index in [1.807, 2.05) is 0 Å². The Morgan fingerprint density at radius 1 is 1.20 bits per heavy atom. The van der Waals surface area contributed by atoms with Crippen LogP contribution in [0.2, 0.25) is 0 Å². The number of benzene rings is 1.